The first-order chi connectivity index (χ1) is 13.1. The highest BCUT2D eigenvalue weighted by Crippen LogP contribution is 2.30. The molecule has 0 unspecified atom stereocenters. The first-order valence-electron chi connectivity index (χ1n) is 9.11. The number of nitrogens with one attached hydrogen (secondary N) is 2. The van der Waals surface area contributed by atoms with Crippen molar-refractivity contribution in [3.05, 3.63) is 59.4 Å². The zero-order valence-corrected chi connectivity index (χ0v) is 14.8. The largest absolute Gasteiger partial charge is 0.322 e. The van der Waals surface area contributed by atoms with Crippen LogP contribution in [0.5, 0.6) is 0 Å². The summed E-state index contributed by atoms with van der Waals surface area (Å²) >= 11 is 0. The summed E-state index contributed by atoms with van der Waals surface area (Å²) in [7, 11) is 0. The molecule has 1 aromatic heterocycles. The Morgan fingerprint density at radius 3 is 2.63 bits per heavy atom. The fourth-order valence-electron chi connectivity index (χ4n) is 3.72. The molecule has 2 aromatic rings. The Bertz CT molecular complexity index is 897. The maximum absolute atomic E-state index is 13.0. The Hall–Kier alpha value is -3.22. The summed E-state index contributed by atoms with van der Waals surface area (Å²) in [6.07, 6.45) is 7.50. The van der Waals surface area contributed by atoms with Crippen LogP contribution in [-0.4, -0.2) is 34.3 Å². The van der Waals surface area contributed by atoms with Crippen molar-refractivity contribution in [3.8, 4) is 0 Å². The third kappa shape index (κ3) is 3.40. The van der Waals surface area contributed by atoms with Gasteiger partial charge in [0.05, 0.1) is 17.2 Å². The van der Waals surface area contributed by atoms with Gasteiger partial charge in [0.2, 0.25) is 0 Å². The van der Waals surface area contributed by atoms with E-state index in [2.05, 4.69) is 15.6 Å². The van der Waals surface area contributed by atoms with E-state index in [1.54, 1.807) is 30.6 Å². The van der Waals surface area contributed by atoms with Gasteiger partial charge in [-0.05, 0) is 48.7 Å². The van der Waals surface area contributed by atoms with Gasteiger partial charge in [-0.1, -0.05) is 12.8 Å². The van der Waals surface area contributed by atoms with E-state index < -0.39 is 11.8 Å². The summed E-state index contributed by atoms with van der Waals surface area (Å²) in [5, 5.41) is 5.14. The smallest absolute Gasteiger partial charge is 0.317 e. The molecule has 7 heteroatoms. The van der Waals surface area contributed by atoms with Gasteiger partial charge in [0.25, 0.3) is 11.8 Å². The van der Waals surface area contributed by atoms with Gasteiger partial charge < -0.3 is 10.2 Å². The standard InChI is InChI=1S/C20H20N4O3/c25-18-15-6-5-14(12-16(15)19(26)23-18)22-20(27)24-11-3-1-2-4-17(24)13-7-9-21-10-8-13/h5-10,12,17H,1-4,11H2,(H,22,27)(H,23,25,26)/t17-/m1/s1. The number of hydrogen-bond donors (Lipinski definition) is 2. The highest BCUT2D eigenvalue weighted by molar-refractivity contribution is 6.22. The number of benzene rings is 1. The summed E-state index contributed by atoms with van der Waals surface area (Å²) in [4.78, 5) is 42.4. The molecule has 0 radical (unpaired) electrons. The maximum atomic E-state index is 13.0. The van der Waals surface area contributed by atoms with Gasteiger partial charge in [-0.15, -0.1) is 0 Å². The quantitative estimate of drug-likeness (QED) is 0.801. The van der Waals surface area contributed by atoms with E-state index in [1.165, 1.54) is 0 Å². The van der Waals surface area contributed by atoms with E-state index in [4.69, 9.17) is 0 Å². The van der Waals surface area contributed by atoms with Crippen LogP contribution in [0.3, 0.4) is 0 Å². The van der Waals surface area contributed by atoms with Crippen molar-refractivity contribution >= 4 is 23.5 Å². The highest BCUT2D eigenvalue weighted by atomic mass is 16.2. The van der Waals surface area contributed by atoms with E-state index in [9.17, 15) is 14.4 Å². The number of hydrogen-bond acceptors (Lipinski definition) is 4. The SMILES string of the molecule is O=C1NC(=O)c2cc(NC(=O)N3CCCCC[C@@H]3c3ccncc3)ccc21. The van der Waals surface area contributed by atoms with Gasteiger partial charge in [-0.3, -0.25) is 19.9 Å². The number of likely N-dealkylation sites (tertiary alicyclic amines) is 1. The molecule has 1 fully saturated rings. The molecule has 138 valence electrons. The fourth-order valence-corrected chi connectivity index (χ4v) is 3.72. The normalized spacial score (nSPS) is 19.3. The number of aromatic nitrogens is 1. The molecule has 0 saturated carbocycles. The lowest BCUT2D eigenvalue weighted by Crippen LogP contribution is -2.38. The van der Waals surface area contributed by atoms with Gasteiger partial charge in [0.15, 0.2) is 0 Å². The minimum Gasteiger partial charge on any atom is -0.317 e. The number of amides is 4. The van der Waals surface area contributed by atoms with Gasteiger partial charge in [-0.2, -0.15) is 0 Å². The maximum Gasteiger partial charge on any atom is 0.322 e. The number of carbonyl (C=O) groups is 3. The minimum absolute atomic E-state index is 0.00481. The van der Waals surface area contributed by atoms with Crippen molar-refractivity contribution < 1.29 is 14.4 Å². The number of fused-ring (bicyclic) bond motifs is 1. The van der Waals surface area contributed by atoms with Crippen LogP contribution in [0.4, 0.5) is 10.5 Å². The van der Waals surface area contributed by atoms with E-state index in [1.807, 2.05) is 17.0 Å². The molecule has 0 aliphatic carbocycles. The van der Waals surface area contributed by atoms with Crippen LogP contribution < -0.4 is 10.6 Å². The molecule has 7 nitrogen and oxygen atoms in total. The van der Waals surface area contributed by atoms with E-state index in [0.29, 0.717) is 23.4 Å². The molecule has 27 heavy (non-hydrogen) atoms. The van der Waals surface area contributed by atoms with Crippen molar-refractivity contribution in [2.45, 2.75) is 31.7 Å². The fraction of sp³-hybridized carbons (Fsp3) is 0.300. The molecular formula is C20H20N4O3. The summed E-state index contributed by atoms with van der Waals surface area (Å²) in [6, 6.07) is 8.44. The van der Waals surface area contributed by atoms with Crippen LogP contribution >= 0.6 is 0 Å². The monoisotopic (exact) mass is 364 g/mol. The molecule has 2 aliphatic rings. The molecular weight excluding hydrogens is 344 g/mol. The Labute approximate surface area is 156 Å². The molecule has 3 heterocycles. The predicted octanol–water partition coefficient (Wildman–Crippen LogP) is 3.11. The average molecular weight is 364 g/mol. The van der Waals surface area contributed by atoms with Gasteiger partial charge in [0, 0.05) is 24.6 Å². The minimum atomic E-state index is -0.435. The second kappa shape index (κ2) is 7.19. The number of rotatable bonds is 2. The highest BCUT2D eigenvalue weighted by Gasteiger charge is 2.29. The first kappa shape index (κ1) is 17.2. The molecule has 4 rings (SSSR count). The molecule has 1 atom stereocenters. The Morgan fingerprint density at radius 1 is 1.04 bits per heavy atom. The Morgan fingerprint density at radius 2 is 1.81 bits per heavy atom. The van der Waals surface area contributed by atoms with Crippen LogP contribution in [0.25, 0.3) is 0 Å². The first-order valence-corrected chi connectivity index (χ1v) is 9.11. The third-order valence-electron chi connectivity index (χ3n) is 5.09. The van der Waals surface area contributed by atoms with Crippen LogP contribution in [0.1, 0.15) is 58.0 Å². The molecule has 0 bridgehead atoms. The zero-order chi connectivity index (χ0) is 18.8. The second-order valence-electron chi connectivity index (χ2n) is 6.81. The van der Waals surface area contributed by atoms with E-state index in [0.717, 1.165) is 31.2 Å². The number of carbonyl (C=O) groups excluding carboxylic acids is 3. The molecule has 1 saturated heterocycles. The summed E-state index contributed by atoms with van der Waals surface area (Å²) in [5.74, 6) is -0.839. The summed E-state index contributed by atoms with van der Waals surface area (Å²) in [6.45, 7) is 0.669. The predicted molar refractivity (Wildman–Crippen MR) is 99.4 cm³/mol. The number of anilines is 1. The molecule has 0 spiro atoms. The molecule has 2 aliphatic heterocycles. The molecule has 2 N–H and O–H groups in total. The van der Waals surface area contributed by atoms with Crippen LogP contribution in [0.2, 0.25) is 0 Å². The number of pyridine rings is 1. The van der Waals surface area contributed by atoms with E-state index >= 15 is 0 Å². The topological polar surface area (TPSA) is 91.4 Å². The van der Waals surface area contributed by atoms with Crippen molar-refractivity contribution in [3.63, 3.8) is 0 Å². The Balaban J connectivity index is 1.57. The lowest BCUT2D eigenvalue weighted by atomic mass is 10.0. The average Bonchev–Trinajstić information content (AvgIpc) is 2.86. The van der Waals surface area contributed by atoms with Gasteiger partial charge in [-0.25, -0.2) is 4.79 Å². The van der Waals surface area contributed by atoms with Crippen molar-refractivity contribution in [2.75, 3.05) is 11.9 Å². The van der Waals surface area contributed by atoms with Crippen LogP contribution in [0.15, 0.2) is 42.7 Å². The van der Waals surface area contributed by atoms with Crippen LogP contribution in [0, 0.1) is 0 Å². The van der Waals surface area contributed by atoms with Crippen molar-refractivity contribution in [1.82, 2.24) is 15.2 Å². The number of nitrogens with zero attached hydrogens (tertiary/aromatic N) is 2. The Kier molecular flexibility index (Phi) is 4.58. The van der Waals surface area contributed by atoms with Gasteiger partial charge in [0.1, 0.15) is 0 Å². The second-order valence-corrected chi connectivity index (χ2v) is 6.81. The number of imide groups is 1. The molecule has 4 amide bonds. The van der Waals surface area contributed by atoms with Crippen LogP contribution in [-0.2, 0) is 0 Å². The number of urea groups is 1. The van der Waals surface area contributed by atoms with Crippen molar-refractivity contribution in [2.24, 2.45) is 0 Å². The lowest BCUT2D eigenvalue weighted by Gasteiger charge is -2.30. The zero-order valence-electron chi connectivity index (χ0n) is 14.8. The summed E-state index contributed by atoms with van der Waals surface area (Å²) in [5.41, 5.74) is 2.20. The summed E-state index contributed by atoms with van der Waals surface area (Å²) < 4.78 is 0. The molecule has 1 aromatic carbocycles. The van der Waals surface area contributed by atoms with Crippen molar-refractivity contribution in [1.29, 1.82) is 0 Å². The lowest BCUT2D eigenvalue weighted by molar-refractivity contribution is 0.0879. The van der Waals surface area contributed by atoms with E-state index in [-0.39, 0.29) is 12.1 Å². The third-order valence-corrected chi connectivity index (χ3v) is 5.09. The van der Waals surface area contributed by atoms with Gasteiger partial charge >= 0.3 is 6.03 Å².